The van der Waals surface area contributed by atoms with Crippen molar-refractivity contribution in [1.29, 1.82) is 0 Å². The van der Waals surface area contributed by atoms with E-state index in [-0.39, 0.29) is 18.1 Å². The number of hydrogen-bond acceptors (Lipinski definition) is 7. The Hall–Kier alpha value is -3.78. The van der Waals surface area contributed by atoms with Gasteiger partial charge in [0, 0.05) is 5.02 Å². The summed E-state index contributed by atoms with van der Waals surface area (Å²) in [5.41, 5.74) is 4.74. The summed E-state index contributed by atoms with van der Waals surface area (Å²) in [6, 6.07) is 11.4. The van der Waals surface area contributed by atoms with Gasteiger partial charge in [0.1, 0.15) is 5.75 Å². The van der Waals surface area contributed by atoms with Gasteiger partial charge in [-0.2, -0.15) is 5.10 Å². The van der Waals surface area contributed by atoms with Crippen molar-refractivity contribution >= 4 is 29.7 Å². The minimum Gasteiger partial charge on any atom is -0.493 e. The smallest absolute Gasteiger partial charge is 0.379 e. The summed E-state index contributed by atoms with van der Waals surface area (Å²) >= 11 is 6.13. The lowest BCUT2D eigenvalue weighted by Gasteiger charge is -2.09. The highest BCUT2D eigenvalue weighted by atomic mass is 35.5. The summed E-state index contributed by atoms with van der Waals surface area (Å²) in [6.07, 6.45) is 2.80. The molecule has 2 aromatic carbocycles. The molecular formula is C23H21ClN2O6. The molecule has 1 N–H and O–H groups in total. The van der Waals surface area contributed by atoms with Crippen LogP contribution in [0.25, 0.3) is 0 Å². The maximum atomic E-state index is 12.0. The second-order valence-electron chi connectivity index (χ2n) is 6.73. The molecule has 0 fully saturated rings. The van der Waals surface area contributed by atoms with Gasteiger partial charge in [-0.05, 0) is 73.0 Å². The summed E-state index contributed by atoms with van der Waals surface area (Å²) in [6.45, 7) is 3.52. The van der Waals surface area contributed by atoms with E-state index in [0.717, 1.165) is 11.1 Å². The van der Waals surface area contributed by atoms with Crippen molar-refractivity contribution in [3.63, 3.8) is 0 Å². The predicted octanol–water partition coefficient (Wildman–Crippen LogP) is 4.31. The van der Waals surface area contributed by atoms with E-state index in [2.05, 4.69) is 10.5 Å². The first-order valence-corrected chi connectivity index (χ1v) is 9.90. The van der Waals surface area contributed by atoms with Gasteiger partial charge in [-0.15, -0.1) is 0 Å². The number of nitrogens with zero attached hydrogens (tertiary/aromatic N) is 1. The second kappa shape index (κ2) is 10.5. The Bertz CT molecular complexity index is 1120. The number of methoxy groups -OCH3 is 1. The molecular weight excluding hydrogens is 436 g/mol. The molecule has 8 nitrogen and oxygen atoms in total. The van der Waals surface area contributed by atoms with E-state index < -0.39 is 11.9 Å². The van der Waals surface area contributed by atoms with Gasteiger partial charge in [0.25, 0.3) is 5.91 Å². The fourth-order valence-electron chi connectivity index (χ4n) is 2.74. The van der Waals surface area contributed by atoms with Crippen LogP contribution in [0.5, 0.6) is 17.2 Å². The Morgan fingerprint density at radius 2 is 1.88 bits per heavy atom. The fourth-order valence-corrected chi connectivity index (χ4v) is 2.85. The average Bonchev–Trinajstić information content (AvgIpc) is 3.32. The Balaban J connectivity index is 1.55. The van der Waals surface area contributed by atoms with Gasteiger partial charge < -0.3 is 18.6 Å². The lowest BCUT2D eigenvalue weighted by Crippen LogP contribution is -2.24. The predicted molar refractivity (Wildman–Crippen MR) is 119 cm³/mol. The first-order valence-electron chi connectivity index (χ1n) is 9.52. The van der Waals surface area contributed by atoms with E-state index in [1.807, 2.05) is 13.8 Å². The molecule has 9 heteroatoms. The summed E-state index contributed by atoms with van der Waals surface area (Å²) < 4.78 is 21.0. The molecule has 1 aromatic heterocycles. The zero-order valence-corrected chi connectivity index (χ0v) is 18.4. The van der Waals surface area contributed by atoms with E-state index in [1.54, 1.807) is 36.4 Å². The normalized spacial score (nSPS) is 10.8. The topological polar surface area (TPSA) is 99.4 Å². The van der Waals surface area contributed by atoms with Gasteiger partial charge in [-0.1, -0.05) is 11.6 Å². The highest BCUT2D eigenvalue weighted by Gasteiger charge is 2.15. The van der Waals surface area contributed by atoms with Crippen LogP contribution < -0.4 is 19.6 Å². The van der Waals surface area contributed by atoms with E-state index in [1.165, 1.54) is 25.7 Å². The molecule has 0 bridgehead atoms. The van der Waals surface area contributed by atoms with Crippen molar-refractivity contribution < 1.29 is 28.2 Å². The third-order valence-electron chi connectivity index (χ3n) is 4.30. The van der Waals surface area contributed by atoms with Crippen LogP contribution in [0.2, 0.25) is 5.02 Å². The largest absolute Gasteiger partial charge is 0.493 e. The number of carbonyl (C=O) groups excluding carboxylic acids is 2. The molecule has 0 atom stereocenters. The maximum absolute atomic E-state index is 12.0. The van der Waals surface area contributed by atoms with Crippen molar-refractivity contribution in [2.75, 3.05) is 13.7 Å². The number of furan rings is 1. The number of benzene rings is 2. The van der Waals surface area contributed by atoms with Crippen LogP contribution in [0.3, 0.4) is 0 Å². The number of aryl methyl sites for hydroxylation is 2. The van der Waals surface area contributed by atoms with E-state index >= 15 is 0 Å². The Labute approximate surface area is 189 Å². The van der Waals surface area contributed by atoms with E-state index in [9.17, 15) is 9.59 Å². The summed E-state index contributed by atoms with van der Waals surface area (Å²) in [4.78, 5) is 24.0. The molecule has 0 aliphatic heterocycles. The molecule has 1 heterocycles. The van der Waals surface area contributed by atoms with Crippen molar-refractivity contribution in [2.24, 2.45) is 5.10 Å². The molecule has 0 saturated heterocycles. The number of amides is 1. The van der Waals surface area contributed by atoms with Crippen LogP contribution in [0.1, 0.15) is 27.2 Å². The molecule has 0 aliphatic carbocycles. The SMILES string of the molecule is COc1cc(/C=N/NC(=O)COc2cc(C)c(Cl)c(C)c2)ccc1OC(=O)c1ccco1. The Kier molecular flexibility index (Phi) is 7.51. The highest BCUT2D eigenvalue weighted by Crippen LogP contribution is 2.28. The molecule has 0 saturated carbocycles. The first kappa shape index (κ1) is 22.9. The van der Waals surface area contributed by atoms with Crippen molar-refractivity contribution in [2.45, 2.75) is 13.8 Å². The van der Waals surface area contributed by atoms with Gasteiger partial charge in [0.05, 0.1) is 19.6 Å². The van der Waals surface area contributed by atoms with Crippen LogP contribution in [-0.4, -0.2) is 31.8 Å². The highest BCUT2D eigenvalue weighted by molar-refractivity contribution is 6.32. The quantitative estimate of drug-likeness (QED) is 0.235. The fraction of sp³-hybridized carbons (Fsp3) is 0.174. The Morgan fingerprint density at radius 1 is 1.12 bits per heavy atom. The molecule has 32 heavy (non-hydrogen) atoms. The van der Waals surface area contributed by atoms with Gasteiger partial charge in [-0.25, -0.2) is 10.2 Å². The van der Waals surface area contributed by atoms with Crippen LogP contribution in [0.4, 0.5) is 0 Å². The number of halogens is 1. The van der Waals surface area contributed by atoms with Gasteiger partial charge in [-0.3, -0.25) is 4.79 Å². The third-order valence-corrected chi connectivity index (χ3v) is 4.89. The van der Waals surface area contributed by atoms with Crippen LogP contribution >= 0.6 is 11.6 Å². The number of hydrogen-bond donors (Lipinski definition) is 1. The molecule has 0 aliphatic rings. The minimum absolute atomic E-state index is 0.0755. The summed E-state index contributed by atoms with van der Waals surface area (Å²) in [5, 5.41) is 4.58. The molecule has 0 unspecified atom stereocenters. The molecule has 0 radical (unpaired) electrons. The number of esters is 1. The zero-order valence-electron chi connectivity index (χ0n) is 17.7. The number of ether oxygens (including phenoxy) is 3. The number of nitrogens with one attached hydrogen (secondary N) is 1. The molecule has 0 spiro atoms. The summed E-state index contributed by atoms with van der Waals surface area (Å²) in [7, 11) is 1.44. The molecule has 3 aromatic rings. The summed E-state index contributed by atoms with van der Waals surface area (Å²) in [5.74, 6) is 0.0871. The average molecular weight is 457 g/mol. The number of carbonyl (C=O) groups is 2. The van der Waals surface area contributed by atoms with E-state index in [0.29, 0.717) is 22.1 Å². The van der Waals surface area contributed by atoms with Crippen molar-refractivity contribution in [3.05, 3.63) is 76.2 Å². The number of hydrazone groups is 1. The zero-order chi connectivity index (χ0) is 23.1. The van der Waals surface area contributed by atoms with Crippen LogP contribution in [0, 0.1) is 13.8 Å². The minimum atomic E-state index is -0.645. The van der Waals surface area contributed by atoms with Crippen molar-refractivity contribution in [3.8, 4) is 17.2 Å². The molecule has 166 valence electrons. The van der Waals surface area contributed by atoms with Gasteiger partial charge in [0.15, 0.2) is 18.1 Å². The lowest BCUT2D eigenvalue weighted by atomic mass is 10.1. The molecule has 1 amide bonds. The number of rotatable bonds is 8. The lowest BCUT2D eigenvalue weighted by molar-refractivity contribution is -0.123. The van der Waals surface area contributed by atoms with Crippen LogP contribution in [0.15, 0.2) is 58.2 Å². The van der Waals surface area contributed by atoms with Crippen molar-refractivity contribution in [1.82, 2.24) is 5.43 Å². The van der Waals surface area contributed by atoms with E-state index in [4.69, 9.17) is 30.2 Å². The Morgan fingerprint density at radius 3 is 2.53 bits per heavy atom. The third kappa shape index (κ3) is 5.89. The van der Waals surface area contributed by atoms with Crippen LogP contribution in [-0.2, 0) is 4.79 Å². The second-order valence-corrected chi connectivity index (χ2v) is 7.11. The monoisotopic (exact) mass is 456 g/mol. The first-order chi connectivity index (χ1) is 15.4. The maximum Gasteiger partial charge on any atom is 0.379 e. The van der Waals surface area contributed by atoms with Gasteiger partial charge >= 0.3 is 5.97 Å². The standard InChI is InChI=1S/C23H21ClN2O6/c1-14-9-17(10-15(2)22(14)24)31-13-21(27)26-25-12-16-6-7-18(20(11-16)29-3)32-23(28)19-5-4-8-30-19/h4-12H,13H2,1-3H3,(H,26,27)/b25-12+. The van der Waals surface area contributed by atoms with Gasteiger partial charge in [0.2, 0.25) is 5.76 Å². The molecule has 3 rings (SSSR count).